The van der Waals surface area contributed by atoms with Crippen molar-refractivity contribution >= 4 is 67.1 Å². The van der Waals surface area contributed by atoms with Crippen LogP contribution in [0.1, 0.15) is 5.56 Å². The molecule has 14 heteroatoms. The fraction of sp³-hybridized carbons (Fsp3) is 0.100. The fourth-order valence-electron chi connectivity index (χ4n) is 5.22. The number of hydrogen-bond acceptors (Lipinski definition) is 10. The van der Waals surface area contributed by atoms with Gasteiger partial charge in [-0.2, -0.15) is 5.26 Å². The summed E-state index contributed by atoms with van der Waals surface area (Å²) in [5.74, 6) is -1.52. The number of pyridine rings is 1. The Morgan fingerprint density at radius 1 is 0.909 bits per heavy atom. The molecule has 44 heavy (non-hydrogen) atoms. The topological polar surface area (TPSA) is 160 Å². The number of halogens is 2. The third-order valence-corrected chi connectivity index (χ3v) is 7.98. The molecule has 0 amide bonds. The summed E-state index contributed by atoms with van der Waals surface area (Å²) in [5, 5.41) is 42.1. The highest BCUT2D eigenvalue weighted by atomic mass is 35.5. The molecule has 0 saturated carbocycles. The van der Waals surface area contributed by atoms with Gasteiger partial charge in [0.2, 0.25) is 5.75 Å². The average molecular weight is 634 g/mol. The Balaban J connectivity index is 1.90. The summed E-state index contributed by atoms with van der Waals surface area (Å²) in [6, 6.07) is 7.53. The summed E-state index contributed by atoms with van der Waals surface area (Å²) >= 11 is 12.7. The summed E-state index contributed by atoms with van der Waals surface area (Å²) in [4.78, 5) is 16.8. The number of ether oxygens (including phenoxy) is 4. The lowest BCUT2D eigenvalue weighted by molar-refractivity contribution is 0.335. The van der Waals surface area contributed by atoms with Crippen molar-refractivity contribution in [2.45, 2.75) is 0 Å². The highest BCUT2D eigenvalue weighted by Crippen LogP contribution is 2.53. The molecule has 0 aliphatic carbocycles. The molecule has 3 aromatic carbocycles. The van der Waals surface area contributed by atoms with Crippen molar-refractivity contribution < 1.29 is 38.7 Å². The number of aromatic nitrogens is 1. The Bertz CT molecular complexity index is 2380. The van der Waals surface area contributed by atoms with Crippen LogP contribution in [0.5, 0.6) is 46.0 Å². The van der Waals surface area contributed by atoms with Crippen LogP contribution in [0.25, 0.3) is 43.0 Å². The van der Waals surface area contributed by atoms with E-state index in [9.17, 15) is 25.4 Å². The molecule has 0 radical (unpaired) electrons. The number of rotatable bonds is 5. The second-order valence-electron chi connectivity index (χ2n) is 9.27. The lowest BCUT2D eigenvalue weighted by Crippen LogP contribution is -2.02. The van der Waals surface area contributed by atoms with Crippen molar-refractivity contribution in [3.8, 4) is 52.1 Å². The van der Waals surface area contributed by atoms with Crippen molar-refractivity contribution in [3.63, 3.8) is 0 Å². The van der Waals surface area contributed by atoms with E-state index < -0.39 is 27.6 Å². The minimum atomic E-state index is -0.830. The van der Waals surface area contributed by atoms with Gasteiger partial charge in [0, 0.05) is 28.4 Å². The molecular formula is C30H17Cl2N3O9. The van der Waals surface area contributed by atoms with E-state index in [0.29, 0.717) is 5.39 Å². The lowest BCUT2D eigenvalue weighted by atomic mass is 10.1. The summed E-state index contributed by atoms with van der Waals surface area (Å²) in [5.41, 5.74) is -1.66. The lowest BCUT2D eigenvalue weighted by Gasteiger charge is -2.16. The van der Waals surface area contributed by atoms with E-state index in [2.05, 4.69) is 4.85 Å². The van der Waals surface area contributed by atoms with Crippen LogP contribution in [0.3, 0.4) is 0 Å². The number of aromatic hydroxyl groups is 3. The van der Waals surface area contributed by atoms with Gasteiger partial charge in [-0.25, -0.2) is 9.64 Å². The van der Waals surface area contributed by atoms with Crippen LogP contribution in [-0.2, 0) is 0 Å². The van der Waals surface area contributed by atoms with Crippen LogP contribution in [0.4, 0.5) is 5.69 Å². The van der Waals surface area contributed by atoms with Crippen molar-refractivity contribution in [1.29, 1.82) is 5.26 Å². The van der Waals surface area contributed by atoms with Gasteiger partial charge in [-0.3, -0.25) is 0 Å². The molecule has 0 bridgehead atoms. The largest absolute Gasteiger partial charge is 0.517 e. The number of hydrogen-bond donors (Lipinski definition) is 3. The van der Waals surface area contributed by atoms with Crippen molar-refractivity contribution in [3.05, 3.63) is 67.9 Å². The zero-order valence-corrected chi connectivity index (χ0v) is 24.3. The van der Waals surface area contributed by atoms with Gasteiger partial charge in [-0.1, -0.05) is 23.2 Å². The first kappa shape index (κ1) is 28.4. The smallest absolute Gasteiger partial charge is 0.361 e. The number of methoxy groups -OCH3 is 3. The standard InChI is InChI=1S/C30H17Cl2N3O9/c1-34-22-14(10-33)27(21(32)20(31)26(22)38)44-29-19-13-8-17(40-2)15(36)9-16(13)43-30(39)24(19)35-6-5-11-12(23(29)35)7-18(41-3)28(42-4)25(11)37/h5-9,36-38H,2-4H3. The van der Waals surface area contributed by atoms with Crippen LogP contribution in [-0.4, -0.2) is 41.0 Å². The van der Waals surface area contributed by atoms with Gasteiger partial charge in [-0.05, 0) is 18.2 Å². The van der Waals surface area contributed by atoms with Crippen LogP contribution in [0, 0.1) is 17.9 Å². The maximum absolute atomic E-state index is 13.5. The third-order valence-electron chi connectivity index (χ3n) is 7.15. The number of benzene rings is 3. The van der Waals surface area contributed by atoms with Crippen LogP contribution < -0.4 is 24.6 Å². The molecule has 6 aromatic rings. The number of phenols is 3. The highest BCUT2D eigenvalue weighted by molar-refractivity contribution is 6.44. The molecule has 0 fully saturated rings. The van der Waals surface area contributed by atoms with E-state index in [4.69, 9.17) is 53.1 Å². The van der Waals surface area contributed by atoms with Gasteiger partial charge in [-0.15, -0.1) is 0 Å². The van der Waals surface area contributed by atoms with Gasteiger partial charge < -0.3 is 43.1 Å². The third kappa shape index (κ3) is 3.79. The zero-order valence-electron chi connectivity index (χ0n) is 22.8. The summed E-state index contributed by atoms with van der Waals surface area (Å²) < 4.78 is 29.5. The normalized spacial score (nSPS) is 11.2. The first-order chi connectivity index (χ1) is 21.1. The van der Waals surface area contributed by atoms with Crippen LogP contribution in [0.2, 0.25) is 10.0 Å². The Labute approximate surface area is 256 Å². The van der Waals surface area contributed by atoms with E-state index in [1.54, 1.807) is 6.07 Å². The van der Waals surface area contributed by atoms with Crippen molar-refractivity contribution in [2.24, 2.45) is 0 Å². The maximum atomic E-state index is 13.5. The molecule has 6 rings (SSSR count). The molecule has 0 atom stereocenters. The van der Waals surface area contributed by atoms with Crippen molar-refractivity contribution in [1.82, 2.24) is 4.40 Å². The van der Waals surface area contributed by atoms with Gasteiger partial charge >= 0.3 is 5.63 Å². The highest BCUT2D eigenvalue weighted by Gasteiger charge is 2.30. The fourth-order valence-corrected chi connectivity index (χ4v) is 5.61. The minimum Gasteiger partial charge on any atom is -0.517 e. The molecule has 3 N–H and O–H groups in total. The van der Waals surface area contributed by atoms with E-state index in [-0.39, 0.29) is 78.0 Å². The SMILES string of the molecule is [C-]#[N+]c1c(O)c(Cl)c(Cl)c(Oc2c3c4cc(OC)c(O)cc4oc(=O)c3n3ccc4c(O)c(OC)c(OC)cc4c23)c1C#N. The predicted octanol–water partition coefficient (Wildman–Crippen LogP) is 7.02. The number of nitrogens with zero attached hydrogens (tertiary/aromatic N) is 3. The Morgan fingerprint density at radius 3 is 2.25 bits per heavy atom. The van der Waals surface area contributed by atoms with Crippen LogP contribution >= 0.6 is 23.2 Å². The van der Waals surface area contributed by atoms with Crippen LogP contribution in [0.15, 0.2) is 39.7 Å². The summed E-state index contributed by atoms with van der Waals surface area (Å²) in [6.07, 6.45) is 1.49. The second-order valence-corrected chi connectivity index (χ2v) is 10.0. The molecule has 0 unspecified atom stereocenters. The Morgan fingerprint density at radius 2 is 1.61 bits per heavy atom. The van der Waals surface area contributed by atoms with E-state index in [1.807, 2.05) is 6.07 Å². The molecule has 0 saturated heterocycles. The average Bonchev–Trinajstić information content (AvgIpc) is 3.35. The van der Waals surface area contributed by atoms with Gasteiger partial charge in [0.25, 0.3) is 5.69 Å². The van der Waals surface area contributed by atoms with Crippen molar-refractivity contribution in [2.75, 3.05) is 21.3 Å². The minimum absolute atomic E-state index is 0.0312. The predicted molar refractivity (Wildman–Crippen MR) is 161 cm³/mol. The van der Waals surface area contributed by atoms with Gasteiger partial charge in [0.15, 0.2) is 34.5 Å². The molecule has 12 nitrogen and oxygen atoms in total. The van der Waals surface area contributed by atoms with E-state index >= 15 is 0 Å². The monoisotopic (exact) mass is 633 g/mol. The molecule has 220 valence electrons. The molecular weight excluding hydrogens is 617 g/mol. The maximum Gasteiger partial charge on any atom is 0.361 e. The zero-order chi connectivity index (χ0) is 31.6. The number of phenolic OH excluding ortho intramolecular Hbond substituents is 3. The Hall–Kier alpha value is -5.69. The number of nitriles is 1. The summed E-state index contributed by atoms with van der Waals surface area (Å²) in [6.45, 7) is 7.53. The molecule has 0 spiro atoms. The molecule has 0 aliphatic rings. The molecule has 3 heterocycles. The second kappa shape index (κ2) is 10.2. The molecule has 0 aliphatic heterocycles. The number of fused-ring (bicyclic) bond motifs is 7. The van der Waals surface area contributed by atoms with Gasteiger partial charge in [0.1, 0.15) is 27.4 Å². The Kier molecular flexibility index (Phi) is 6.62. The first-order valence-electron chi connectivity index (χ1n) is 12.4. The first-order valence-corrected chi connectivity index (χ1v) is 13.1. The van der Waals surface area contributed by atoms with E-state index in [1.165, 1.54) is 50.1 Å². The molecule has 3 aromatic heterocycles. The quantitative estimate of drug-likeness (QED) is 0.133. The summed E-state index contributed by atoms with van der Waals surface area (Å²) in [7, 11) is 4.07. The van der Waals surface area contributed by atoms with Gasteiger partial charge in [0.05, 0.1) is 49.9 Å². The van der Waals surface area contributed by atoms with E-state index in [0.717, 1.165) is 0 Å².